The molecule has 0 aliphatic carbocycles. The summed E-state index contributed by atoms with van der Waals surface area (Å²) >= 11 is 13.6. The molecule has 122 valence electrons. The van der Waals surface area contributed by atoms with Crippen molar-refractivity contribution >= 4 is 45.9 Å². The summed E-state index contributed by atoms with van der Waals surface area (Å²) in [5.74, 6) is 0. The molecular formula is C18H15Cl2N3S. The molecule has 0 aliphatic rings. The zero-order valence-corrected chi connectivity index (χ0v) is 15.3. The van der Waals surface area contributed by atoms with E-state index in [9.17, 15) is 0 Å². The van der Waals surface area contributed by atoms with Crippen LogP contribution in [0.1, 0.15) is 18.1 Å². The fourth-order valence-electron chi connectivity index (χ4n) is 2.15. The molecule has 0 spiro atoms. The van der Waals surface area contributed by atoms with Crippen LogP contribution in [0.5, 0.6) is 0 Å². The smallest absolute Gasteiger partial charge is 0.203 e. The minimum Gasteiger partial charge on any atom is -0.253 e. The Hall–Kier alpha value is -1.88. The van der Waals surface area contributed by atoms with Crippen LogP contribution in [0.4, 0.5) is 5.13 Å². The van der Waals surface area contributed by atoms with Crippen molar-refractivity contribution in [3.8, 4) is 11.3 Å². The van der Waals surface area contributed by atoms with Gasteiger partial charge in [-0.05, 0) is 35.7 Å². The summed E-state index contributed by atoms with van der Waals surface area (Å²) < 4.78 is 0. The monoisotopic (exact) mass is 375 g/mol. The number of anilines is 1. The maximum Gasteiger partial charge on any atom is 0.203 e. The van der Waals surface area contributed by atoms with Crippen LogP contribution in [0.25, 0.3) is 11.3 Å². The number of aromatic nitrogens is 1. The largest absolute Gasteiger partial charge is 0.253 e. The van der Waals surface area contributed by atoms with Gasteiger partial charge in [0.2, 0.25) is 5.13 Å². The Balaban J connectivity index is 1.68. The van der Waals surface area contributed by atoms with Crippen LogP contribution >= 0.6 is 34.5 Å². The summed E-state index contributed by atoms with van der Waals surface area (Å²) in [6.07, 6.45) is 2.81. The Morgan fingerprint density at radius 3 is 2.67 bits per heavy atom. The molecule has 0 radical (unpaired) electrons. The lowest BCUT2D eigenvalue weighted by atomic mass is 10.1. The van der Waals surface area contributed by atoms with E-state index < -0.39 is 0 Å². The van der Waals surface area contributed by atoms with E-state index in [1.165, 1.54) is 16.9 Å². The molecule has 3 nitrogen and oxygen atoms in total. The van der Waals surface area contributed by atoms with Crippen LogP contribution in [0.2, 0.25) is 10.0 Å². The first-order valence-corrected chi connectivity index (χ1v) is 9.08. The van der Waals surface area contributed by atoms with Gasteiger partial charge in [-0.25, -0.2) is 4.98 Å². The molecule has 0 unspecified atom stereocenters. The van der Waals surface area contributed by atoms with Crippen molar-refractivity contribution in [3.05, 3.63) is 69.0 Å². The molecule has 24 heavy (non-hydrogen) atoms. The lowest BCUT2D eigenvalue weighted by Gasteiger charge is -2.00. The maximum atomic E-state index is 6.21. The van der Waals surface area contributed by atoms with Gasteiger partial charge in [0.25, 0.3) is 0 Å². The molecule has 0 saturated heterocycles. The average molecular weight is 376 g/mol. The zero-order valence-electron chi connectivity index (χ0n) is 13.0. The lowest BCUT2D eigenvalue weighted by molar-refractivity contribution is 1.14. The molecule has 1 heterocycles. The first-order valence-electron chi connectivity index (χ1n) is 7.44. The molecule has 0 bridgehead atoms. The van der Waals surface area contributed by atoms with Gasteiger partial charge in [0.1, 0.15) is 0 Å². The molecule has 0 amide bonds. The molecule has 1 N–H and O–H groups in total. The normalized spacial score (nSPS) is 11.1. The number of nitrogens with zero attached hydrogens (tertiary/aromatic N) is 2. The summed E-state index contributed by atoms with van der Waals surface area (Å²) in [6.45, 7) is 2.14. The van der Waals surface area contributed by atoms with Crippen molar-refractivity contribution < 1.29 is 0 Å². The van der Waals surface area contributed by atoms with Crippen LogP contribution in [-0.4, -0.2) is 11.2 Å². The van der Waals surface area contributed by atoms with E-state index in [1.54, 1.807) is 18.3 Å². The number of hydrogen-bond donors (Lipinski definition) is 1. The Labute approximate surface area is 155 Å². The van der Waals surface area contributed by atoms with Crippen LogP contribution in [-0.2, 0) is 6.42 Å². The second-order valence-corrected chi connectivity index (χ2v) is 6.83. The highest BCUT2D eigenvalue weighted by atomic mass is 35.5. The van der Waals surface area contributed by atoms with Gasteiger partial charge in [0.05, 0.1) is 16.9 Å². The third kappa shape index (κ3) is 4.15. The summed E-state index contributed by atoms with van der Waals surface area (Å²) in [4.78, 5) is 4.50. The number of rotatable bonds is 5. The second kappa shape index (κ2) is 7.79. The molecule has 3 aromatic rings. The Bertz CT molecular complexity index is 857. The minimum atomic E-state index is 0.582. The van der Waals surface area contributed by atoms with Crippen LogP contribution in [0.3, 0.4) is 0 Å². The van der Waals surface area contributed by atoms with E-state index in [-0.39, 0.29) is 0 Å². The average Bonchev–Trinajstić information content (AvgIpc) is 3.04. The van der Waals surface area contributed by atoms with Crippen LogP contribution in [0.15, 0.2) is 52.9 Å². The summed E-state index contributed by atoms with van der Waals surface area (Å²) in [6, 6.07) is 13.7. The number of thiazole rings is 1. The van der Waals surface area contributed by atoms with Gasteiger partial charge < -0.3 is 0 Å². The number of nitrogens with one attached hydrogen (secondary N) is 1. The summed E-state index contributed by atoms with van der Waals surface area (Å²) in [5.41, 5.74) is 6.95. The Morgan fingerprint density at radius 2 is 1.96 bits per heavy atom. The minimum absolute atomic E-state index is 0.582. The Morgan fingerprint density at radius 1 is 1.17 bits per heavy atom. The third-order valence-electron chi connectivity index (χ3n) is 3.47. The fraction of sp³-hybridized carbons (Fsp3) is 0.111. The SMILES string of the molecule is CCc1ccc(/C=N\Nc2nc(-c3ccc(Cl)cc3Cl)cs2)cc1. The third-order valence-corrected chi connectivity index (χ3v) is 4.77. The van der Waals surface area contributed by atoms with Crippen LogP contribution in [0, 0.1) is 0 Å². The molecule has 0 aliphatic heterocycles. The van der Waals surface area contributed by atoms with Crippen LogP contribution < -0.4 is 5.43 Å². The van der Waals surface area contributed by atoms with E-state index in [1.807, 2.05) is 23.6 Å². The molecule has 0 fully saturated rings. The van der Waals surface area contributed by atoms with E-state index in [4.69, 9.17) is 23.2 Å². The van der Waals surface area contributed by atoms with Gasteiger partial charge in [-0.1, -0.05) is 54.4 Å². The second-order valence-electron chi connectivity index (χ2n) is 5.13. The van der Waals surface area contributed by atoms with Gasteiger partial charge in [-0.2, -0.15) is 5.10 Å². The zero-order chi connectivity index (χ0) is 16.9. The lowest BCUT2D eigenvalue weighted by Crippen LogP contribution is -1.91. The molecule has 6 heteroatoms. The van der Waals surface area contributed by atoms with Crippen molar-refractivity contribution in [1.82, 2.24) is 4.98 Å². The fourth-order valence-corrected chi connectivity index (χ4v) is 3.31. The topological polar surface area (TPSA) is 37.3 Å². The van der Waals surface area contributed by atoms with Gasteiger partial charge in [0, 0.05) is 16.0 Å². The predicted molar refractivity (Wildman–Crippen MR) is 105 cm³/mol. The number of halogens is 2. The Kier molecular flexibility index (Phi) is 5.51. The highest BCUT2D eigenvalue weighted by molar-refractivity contribution is 7.14. The quantitative estimate of drug-likeness (QED) is 0.430. The van der Waals surface area contributed by atoms with Gasteiger partial charge >= 0.3 is 0 Å². The highest BCUT2D eigenvalue weighted by Gasteiger charge is 2.08. The van der Waals surface area contributed by atoms with Gasteiger partial charge in [-0.15, -0.1) is 11.3 Å². The first kappa shape index (κ1) is 17.0. The molecule has 2 aromatic carbocycles. The van der Waals surface area contributed by atoms with Crippen molar-refractivity contribution in [1.29, 1.82) is 0 Å². The van der Waals surface area contributed by atoms with Crippen molar-refractivity contribution in [2.75, 3.05) is 5.43 Å². The first-order chi connectivity index (χ1) is 11.7. The highest BCUT2D eigenvalue weighted by Crippen LogP contribution is 2.32. The maximum absolute atomic E-state index is 6.21. The van der Waals surface area contributed by atoms with Crippen molar-refractivity contribution in [2.24, 2.45) is 5.10 Å². The number of hydrogen-bond acceptors (Lipinski definition) is 4. The summed E-state index contributed by atoms with van der Waals surface area (Å²) in [7, 11) is 0. The van der Waals surface area contributed by atoms with E-state index >= 15 is 0 Å². The van der Waals surface area contributed by atoms with E-state index in [2.05, 4.69) is 34.6 Å². The van der Waals surface area contributed by atoms with Gasteiger partial charge in [0.15, 0.2) is 0 Å². The molecule has 3 rings (SSSR count). The molecule has 0 saturated carbocycles. The standard InChI is InChI=1S/C18H15Cl2N3S/c1-2-12-3-5-13(6-4-12)10-21-23-18-22-17(11-24-18)15-8-7-14(19)9-16(15)20/h3-11H,2H2,1H3,(H,22,23)/b21-10-. The number of aryl methyl sites for hydroxylation is 1. The molecule has 1 aromatic heterocycles. The molecular weight excluding hydrogens is 361 g/mol. The number of benzene rings is 2. The molecule has 0 atom stereocenters. The number of hydrazone groups is 1. The van der Waals surface area contributed by atoms with Crippen molar-refractivity contribution in [3.63, 3.8) is 0 Å². The van der Waals surface area contributed by atoms with E-state index in [0.717, 1.165) is 23.2 Å². The van der Waals surface area contributed by atoms with E-state index in [0.29, 0.717) is 15.2 Å². The summed E-state index contributed by atoms with van der Waals surface area (Å²) in [5, 5.41) is 8.06. The predicted octanol–water partition coefficient (Wildman–Crippen LogP) is 6.13. The van der Waals surface area contributed by atoms with Crippen molar-refractivity contribution in [2.45, 2.75) is 13.3 Å². The van der Waals surface area contributed by atoms with Gasteiger partial charge in [-0.3, -0.25) is 5.43 Å².